The van der Waals surface area contributed by atoms with Crippen LogP contribution in [0.2, 0.25) is 0 Å². The molecule has 30 heavy (non-hydrogen) atoms. The van der Waals surface area contributed by atoms with Crippen LogP contribution in [-0.2, 0) is 9.53 Å². The topological polar surface area (TPSA) is 74.0 Å². The highest BCUT2D eigenvalue weighted by Gasteiger charge is 2.85. The number of rotatable bonds is 2. The predicted molar refractivity (Wildman–Crippen MR) is 112 cm³/mol. The number of hydrogen-bond donors (Lipinski definition) is 2. The van der Waals surface area contributed by atoms with Crippen molar-refractivity contribution in [2.75, 3.05) is 6.54 Å². The number of esters is 1. The molecule has 6 rings (SSSR count). The summed E-state index contributed by atoms with van der Waals surface area (Å²) in [7, 11) is 0. The van der Waals surface area contributed by atoms with E-state index in [1.807, 2.05) is 6.92 Å². The number of hydrogen-bond acceptors (Lipinski definition) is 4. The molecular formula is C25H35NO4. The average Bonchev–Trinajstić information content (AvgIpc) is 2.94. The van der Waals surface area contributed by atoms with Crippen LogP contribution in [0, 0.1) is 45.1 Å². The quantitative estimate of drug-likeness (QED) is 0.316. The molecule has 6 fully saturated rings. The van der Waals surface area contributed by atoms with Crippen molar-refractivity contribution >= 4 is 5.97 Å². The van der Waals surface area contributed by atoms with Gasteiger partial charge in [0.05, 0.1) is 18.7 Å². The van der Waals surface area contributed by atoms with Crippen LogP contribution in [0.1, 0.15) is 59.3 Å². The zero-order valence-corrected chi connectivity index (χ0v) is 18.4. The highest BCUT2D eigenvalue weighted by atomic mass is 16.6. The van der Waals surface area contributed by atoms with E-state index in [9.17, 15) is 15.1 Å². The van der Waals surface area contributed by atoms with Gasteiger partial charge in [-0.05, 0) is 57.3 Å². The number of carbonyl (C=O) groups excluding carboxylic acids is 1. The van der Waals surface area contributed by atoms with Gasteiger partial charge >= 0.3 is 5.97 Å². The van der Waals surface area contributed by atoms with Crippen molar-refractivity contribution in [3.05, 3.63) is 29.0 Å². The summed E-state index contributed by atoms with van der Waals surface area (Å²) in [5.74, 6) is 0.340. The molecule has 5 heteroatoms. The van der Waals surface area contributed by atoms with Crippen LogP contribution in [-0.4, -0.2) is 35.9 Å². The average molecular weight is 414 g/mol. The van der Waals surface area contributed by atoms with E-state index in [2.05, 4.69) is 13.5 Å². The smallest absolute Gasteiger partial charge is 0.333 e. The Labute approximate surface area is 179 Å². The lowest BCUT2D eigenvalue weighted by Crippen LogP contribution is -3.17. The zero-order chi connectivity index (χ0) is 21.2. The van der Waals surface area contributed by atoms with Crippen LogP contribution >= 0.6 is 0 Å². The van der Waals surface area contributed by atoms with Gasteiger partial charge in [-0.25, -0.2) is 4.79 Å². The second kappa shape index (κ2) is 5.79. The zero-order valence-electron chi connectivity index (χ0n) is 18.4. The fourth-order valence-corrected chi connectivity index (χ4v) is 10.4. The molecule has 164 valence electrons. The monoisotopic (exact) mass is 413 g/mol. The van der Waals surface area contributed by atoms with Crippen molar-refractivity contribution in [3.63, 3.8) is 0 Å². The van der Waals surface area contributed by atoms with Gasteiger partial charge in [0.25, 0.3) is 0 Å². The molecule has 0 amide bonds. The van der Waals surface area contributed by atoms with Gasteiger partial charge < -0.3 is 20.1 Å². The van der Waals surface area contributed by atoms with Gasteiger partial charge in [0.1, 0.15) is 6.10 Å². The van der Waals surface area contributed by atoms with E-state index in [0.29, 0.717) is 23.1 Å². The van der Waals surface area contributed by atoms with Crippen LogP contribution in [0.15, 0.2) is 23.8 Å². The first-order valence-corrected chi connectivity index (χ1v) is 11.9. The molecule has 11 atom stereocenters. The lowest BCUT2D eigenvalue weighted by Gasteiger charge is -2.65. The third-order valence-corrected chi connectivity index (χ3v) is 10.9. The Morgan fingerprint density at radius 1 is 1.37 bits per heavy atom. The van der Waals surface area contributed by atoms with Crippen molar-refractivity contribution in [2.45, 2.75) is 77.5 Å². The first kappa shape index (κ1) is 19.5. The van der Waals surface area contributed by atoms with Crippen LogP contribution < -0.4 is 5.06 Å². The van der Waals surface area contributed by atoms with Crippen LogP contribution in [0.3, 0.4) is 0 Å². The molecule has 0 aromatic rings. The van der Waals surface area contributed by atoms with E-state index in [0.717, 1.165) is 37.7 Å². The molecule has 1 saturated heterocycles. The first-order valence-electron chi connectivity index (χ1n) is 11.9. The van der Waals surface area contributed by atoms with Gasteiger partial charge in [0.15, 0.2) is 0 Å². The molecule has 0 radical (unpaired) electrons. The summed E-state index contributed by atoms with van der Waals surface area (Å²) in [4.78, 5) is 12.7. The van der Waals surface area contributed by atoms with E-state index < -0.39 is 12.2 Å². The van der Waals surface area contributed by atoms with Crippen LogP contribution in [0.25, 0.3) is 0 Å². The molecular weight excluding hydrogens is 378 g/mol. The van der Waals surface area contributed by atoms with Crippen LogP contribution in [0.5, 0.6) is 0 Å². The maximum Gasteiger partial charge on any atom is 0.333 e. The number of aliphatic hydroxyl groups is 1. The number of hydroxylamine groups is 2. The van der Waals surface area contributed by atoms with Crippen LogP contribution in [0.4, 0.5) is 0 Å². The summed E-state index contributed by atoms with van der Waals surface area (Å²) in [6.45, 7) is 11.0. The molecule has 5 nitrogen and oxygen atoms in total. The Bertz CT molecular complexity index is 867. The predicted octanol–water partition coefficient (Wildman–Crippen LogP) is 2.40. The molecule has 5 aliphatic carbocycles. The summed E-state index contributed by atoms with van der Waals surface area (Å²) in [6, 6.07) is 0.0220. The van der Waals surface area contributed by atoms with Crippen molar-refractivity contribution in [1.29, 1.82) is 0 Å². The second-order valence-corrected chi connectivity index (χ2v) is 11.8. The molecule has 2 N–H and O–H groups in total. The fourth-order valence-electron chi connectivity index (χ4n) is 10.4. The molecule has 5 saturated carbocycles. The van der Waals surface area contributed by atoms with Gasteiger partial charge in [0.2, 0.25) is 0 Å². The van der Waals surface area contributed by atoms with Crippen molar-refractivity contribution in [3.8, 4) is 0 Å². The number of nitrogens with one attached hydrogen (secondary N) is 1. The number of carbonyl (C=O) groups is 1. The standard InChI is InChI=1S/C25H35NO4/c1-5-13(2)22(28)30-19-16-14(3)11-24-10-7-15-23(4)8-6-9-25(15,20(24)18(19)27)21(17(16)24)26(29)12-23/h5,15-21,26-27H,3,6-12H2,1-2,4H3. The molecule has 6 aliphatic rings. The molecule has 2 spiro atoms. The number of allylic oxidation sites excluding steroid dienone is 1. The van der Waals surface area contributed by atoms with Gasteiger partial charge in [-0.15, -0.1) is 0 Å². The maximum atomic E-state index is 13.7. The largest absolute Gasteiger partial charge is 0.634 e. The van der Waals surface area contributed by atoms with Gasteiger partial charge in [-0.3, -0.25) is 0 Å². The highest BCUT2D eigenvalue weighted by Crippen LogP contribution is 2.81. The second-order valence-electron chi connectivity index (χ2n) is 11.8. The maximum absolute atomic E-state index is 13.7. The van der Waals surface area contributed by atoms with E-state index in [4.69, 9.17) is 4.74 Å². The molecule has 1 heterocycles. The number of piperidine rings is 1. The van der Waals surface area contributed by atoms with Gasteiger partial charge in [-0.2, -0.15) is 0 Å². The van der Waals surface area contributed by atoms with E-state index in [1.54, 1.807) is 13.0 Å². The summed E-state index contributed by atoms with van der Waals surface area (Å²) < 4.78 is 6.01. The van der Waals surface area contributed by atoms with Gasteiger partial charge in [0, 0.05) is 34.2 Å². The minimum absolute atomic E-state index is 0.0148. The molecule has 1 aliphatic heterocycles. The summed E-state index contributed by atoms with van der Waals surface area (Å²) >= 11 is 0. The summed E-state index contributed by atoms with van der Waals surface area (Å²) in [5, 5.41) is 26.0. The third kappa shape index (κ3) is 1.91. The van der Waals surface area contributed by atoms with Crippen molar-refractivity contribution in [1.82, 2.24) is 0 Å². The molecule has 0 aromatic heterocycles. The van der Waals surface area contributed by atoms with Gasteiger partial charge in [-0.1, -0.05) is 31.6 Å². The Balaban J connectivity index is 1.52. The molecule has 11 unspecified atom stereocenters. The Morgan fingerprint density at radius 3 is 2.87 bits per heavy atom. The fraction of sp³-hybridized carbons (Fsp3) is 0.800. The SMILES string of the molecule is C=C1CC23CCC4C5(C)CCCC46C(C2C1C(OC(=O)C(C)=CC)C(O)C36)[NH+]([O-])C5. The minimum Gasteiger partial charge on any atom is -0.634 e. The Morgan fingerprint density at radius 2 is 2.13 bits per heavy atom. The van der Waals surface area contributed by atoms with E-state index >= 15 is 0 Å². The summed E-state index contributed by atoms with van der Waals surface area (Å²) in [5.41, 5.74) is 1.63. The van der Waals surface area contributed by atoms with Crippen molar-refractivity contribution < 1.29 is 19.7 Å². The van der Waals surface area contributed by atoms with E-state index in [1.165, 1.54) is 6.42 Å². The normalized spacial score (nSPS) is 58.0. The summed E-state index contributed by atoms with van der Waals surface area (Å²) in [6.07, 6.45) is 7.01. The Hall–Kier alpha value is -1.17. The highest BCUT2D eigenvalue weighted by molar-refractivity contribution is 5.87. The van der Waals surface area contributed by atoms with Crippen molar-refractivity contribution in [2.24, 2.45) is 39.9 Å². The number of quaternary nitrogens is 1. The molecule has 6 bridgehead atoms. The minimum atomic E-state index is -0.694. The lowest BCUT2D eigenvalue weighted by atomic mass is 9.42. The number of ether oxygens (including phenoxy) is 1. The Kier molecular flexibility index (Phi) is 3.76. The first-order chi connectivity index (χ1) is 14.2. The molecule has 0 aromatic carbocycles. The lowest BCUT2D eigenvalue weighted by molar-refractivity contribution is -0.907. The number of aliphatic hydroxyl groups excluding tert-OH is 1. The third-order valence-electron chi connectivity index (χ3n) is 10.9. The van der Waals surface area contributed by atoms with E-state index in [-0.39, 0.29) is 46.0 Å².